The molecule has 1 saturated heterocycles. The van der Waals surface area contributed by atoms with Crippen molar-refractivity contribution in [3.8, 4) is 0 Å². The van der Waals surface area contributed by atoms with E-state index in [1.165, 1.54) is 25.7 Å². The molecule has 5 atom stereocenters. The third kappa shape index (κ3) is 1.90. The zero-order chi connectivity index (χ0) is 14.8. The van der Waals surface area contributed by atoms with Crippen LogP contribution < -0.4 is 0 Å². The molecule has 0 amide bonds. The number of fused-ring (bicyclic) bond motifs is 3. The van der Waals surface area contributed by atoms with Crippen molar-refractivity contribution in [2.75, 3.05) is 0 Å². The fourth-order valence-corrected chi connectivity index (χ4v) is 6.10. The fourth-order valence-electron chi connectivity index (χ4n) is 6.10. The number of hydrogen-bond donors (Lipinski definition) is 0. The predicted molar refractivity (Wildman–Crippen MR) is 80.5 cm³/mol. The van der Waals surface area contributed by atoms with Crippen LogP contribution in [0.1, 0.15) is 73.1 Å². The lowest BCUT2D eigenvalue weighted by molar-refractivity contribution is -0.160. The molecule has 0 spiro atoms. The van der Waals surface area contributed by atoms with Crippen LogP contribution in [0.5, 0.6) is 0 Å². The second kappa shape index (κ2) is 4.32. The summed E-state index contributed by atoms with van der Waals surface area (Å²) in [6, 6.07) is 0. The highest BCUT2D eigenvalue weighted by Gasteiger charge is 2.62. The molecule has 0 aromatic carbocycles. The zero-order valence-electron chi connectivity index (χ0n) is 13.8. The summed E-state index contributed by atoms with van der Waals surface area (Å²) < 4.78 is 6.25. The van der Waals surface area contributed by atoms with Crippen molar-refractivity contribution in [1.29, 1.82) is 0 Å². The van der Waals surface area contributed by atoms with Crippen molar-refractivity contribution >= 4 is 5.78 Å². The van der Waals surface area contributed by atoms with Crippen molar-refractivity contribution in [1.82, 2.24) is 0 Å². The van der Waals surface area contributed by atoms with Crippen molar-refractivity contribution in [3.05, 3.63) is 0 Å². The van der Waals surface area contributed by atoms with E-state index in [-0.39, 0.29) is 17.5 Å². The molecule has 1 heterocycles. The third-order valence-electron chi connectivity index (χ3n) is 7.05. The minimum absolute atomic E-state index is 0.0605. The smallest absolute Gasteiger partial charge is 0.158 e. The molecule has 3 unspecified atom stereocenters. The van der Waals surface area contributed by atoms with Crippen LogP contribution in [0.3, 0.4) is 0 Å². The van der Waals surface area contributed by atoms with Crippen LogP contribution >= 0.6 is 0 Å². The lowest BCUT2D eigenvalue weighted by Gasteiger charge is -2.60. The Balaban J connectivity index is 1.95. The molecule has 0 aromatic rings. The largest absolute Gasteiger partial charge is 0.364 e. The Kier molecular flexibility index (Phi) is 3.14. The summed E-state index contributed by atoms with van der Waals surface area (Å²) in [7, 11) is 0. The van der Waals surface area contributed by atoms with Crippen LogP contribution in [0.15, 0.2) is 0 Å². The van der Waals surface area contributed by atoms with Gasteiger partial charge in [-0.25, -0.2) is 0 Å². The average Bonchev–Trinajstić information content (AvgIpc) is 2.67. The second-order valence-corrected chi connectivity index (χ2v) is 8.76. The maximum atomic E-state index is 11.8. The Labute approximate surface area is 123 Å². The van der Waals surface area contributed by atoms with Crippen LogP contribution in [0.25, 0.3) is 0 Å². The molecule has 2 aliphatic carbocycles. The standard InChI is InChI=1S/C18H30O2/c1-12(19)13-11-15-17(4)9-6-8-16(2,3)14(17)7-10-18(15,5)20-13/h13-15H,6-11H2,1-5H3/t13?,14?,15-,17+,18?/m1/s1. The molecule has 0 bridgehead atoms. The van der Waals surface area contributed by atoms with Gasteiger partial charge in [0.25, 0.3) is 0 Å². The zero-order valence-corrected chi connectivity index (χ0v) is 13.8. The van der Waals surface area contributed by atoms with E-state index in [4.69, 9.17) is 4.74 Å². The van der Waals surface area contributed by atoms with Gasteiger partial charge >= 0.3 is 0 Å². The van der Waals surface area contributed by atoms with E-state index in [9.17, 15) is 4.79 Å². The molecule has 3 aliphatic rings. The van der Waals surface area contributed by atoms with Gasteiger partial charge in [0.2, 0.25) is 0 Å². The highest BCUT2D eigenvalue weighted by molar-refractivity contribution is 5.80. The molecule has 3 rings (SSSR count). The van der Waals surface area contributed by atoms with Gasteiger partial charge in [0.1, 0.15) is 6.10 Å². The van der Waals surface area contributed by atoms with Crippen LogP contribution in [-0.4, -0.2) is 17.5 Å². The number of rotatable bonds is 1. The fraction of sp³-hybridized carbons (Fsp3) is 0.944. The van der Waals surface area contributed by atoms with Gasteiger partial charge in [0, 0.05) is 0 Å². The Bertz CT molecular complexity index is 427. The Morgan fingerprint density at radius 1 is 1.05 bits per heavy atom. The first kappa shape index (κ1) is 14.6. The van der Waals surface area contributed by atoms with Gasteiger partial charge in [0.15, 0.2) is 5.78 Å². The summed E-state index contributed by atoms with van der Waals surface area (Å²) >= 11 is 0. The highest BCUT2D eigenvalue weighted by atomic mass is 16.5. The maximum absolute atomic E-state index is 11.8. The number of ketones is 1. The predicted octanol–water partition coefficient (Wildman–Crippen LogP) is 4.37. The molecule has 0 aromatic heterocycles. The summed E-state index contributed by atoms with van der Waals surface area (Å²) in [6.07, 6.45) is 7.20. The monoisotopic (exact) mass is 278 g/mol. The minimum atomic E-state index is -0.148. The summed E-state index contributed by atoms with van der Waals surface area (Å²) in [5.74, 6) is 1.56. The average molecular weight is 278 g/mol. The van der Waals surface area contributed by atoms with Gasteiger partial charge in [-0.2, -0.15) is 0 Å². The van der Waals surface area contributed by atoms with Gasteiger partial charge < -0.3 is 4.74 Å². The van der Waals surface area contributed by atoms with E-state index >= 15 is 0 Å². The van der Waals surface area contributed by atoms with Crippen LogP contribution in [-0.2, 0) is 9.53 Å². The van der Waals surface area contributed by atoms with Gasteiger partial charge in [0.05, 0.1) is 5.60 Å². The van der Waals surface area contributed by atoms with Crippen LogP contribution in [0, 0.1) is 22.7 Å². The van der Waals surface area contributed by atoms with E-state index in [2.05, 4.69) is 27.7 Å². The minimum Gasteiger partial charge on any atom is -0.364 e. The van der Waals surface area contributed by atoms with E-state index in [1.54, 1.807) is 6.92 Å². The molecule has 0 radical (unpaired) electrons. The topological polar surface area (TPSA) is 26.3 Å². The summed E-state index contributed by atoms with van der Waals surface area (Å²) in [4.78, 5) is 11.8. The van der Waals surface area contributed by atoms with Gasteiger partial charge in [-0.1, -0.05) is 27.2 Å². The third-order valence-corrected chi connectivity index (χ3v) is 7.05. The first-order valence-corrected chi connectivity index (χ1v) is 8.37. The van der Waals surface area contributed by atoms with Gasteiger partial charge in [-0.05, 0) is 68.6 Å². The Morgan fingerprint density at radius 2 is 1.75 bits per heavy atom. The molecule has 0 N–H and O–H groups in total. The number of ether oxygens (including phenoxy) is 1. The van der Waals surface area contributed by atoms with Crippen molar-refractivity contribution < 1.29 is 9.53 Å². The number of carbonyl (C=O) groups is 1. The summed E-state index contributed by atoms with van der Waals surface area (Å²) in [6.45, 7) is 11.4. The summed E-state index contributed by atoms with van der Waals surface area (Å²) in [5.41, 5.74) is 0.747. The van der Waals surface area contributed by atoms with Crippen molar-refractivity contribution in [3.63, 3.8) is 0 Å². The van der Waals surface area contributed by atoms with Crippen LogP contribution in [0.4, 0.5) is 0 Å². The van der Waals surface area contributed by atoms with Crippen molar-refractivity contribution in [2.24, 2.45) is 22.7 Å². The summed E-state index contributed by atoms with van der Waals surface area (Å²) in [5, 5.41) is 0. The Morgan fingerprint density at radius 3 is 2.40 bits per heavy atom. The number of hydrogen-bond acceptors (Lipinski definition) is 2. The van der Waals surface area contributed by atoms with Gasteiger partial charge in [-0.3, -0.25) is 4.79 Å². The highest BCUT2D eigenvalue weighted by Crippen LogP contribution is 2.65. The molecule has 2 saturated carbocycles. The number of Topliss-reactive ketones (excluding diaryl/α,β-unsaturated/α-hetero) is 1. The molecule has 2 nitrogen and oxygen atoms in total. The SMILES string of the molecule is CC(=O)C1C[C@H]2C(C)(CCC3C(C)(C)CCC[C@@]32C)O1. The van der Waals surface area contributed by atoms with E-state index in [0.717, 1.165) is 18.8 Å². The second-order valence-electron chi connectivity index (χ2n) is 8.76. The quantitative estimate of drug-likeness (QED) is 0.712. The normalized spacial score (nSPS) is 50.4. The van der Waals surface area contributed by atoms with Crippen molar-refractivity contribution in [2.45, 2.75) is 84.8 Å². The lowest BCUT2D eigenvalue weighted by atomic mass is 9.45. The van der Waals surface area contributed by atoms with E-state index < -0.39 is 0 Å². The molecule has 1 aliphatic heterocycles. The van der Waals surface area contributed by atoms with E-state index in [0.29, 0.717) is 16.7 Å². The molecule has 20 heavy (non-hydrogen) atoms. The van der Waals surface area contributed by atoms with Crippen LogP contribution in [0.2, 0.25) is 0 Å². The molecule has 114 valence electrons. The van der Waals surface area contributed by atoms with E-state index in [1.807, 2.05) is 0 Å². The molecular weight excluding hydrogens is 248 g/mol. The first-order valence-electron chi connectivity index (χ1n) is 8.37. The molecule has 2 heteroatoms. The number of carbonyl (C=O) groups excluding carboxylic acids is 1. The maximum Gasteiger partial charge on any atom is 0.158 e. The molecule has 3 fully saturated rings. The Hall–Kier alpha value is -0.370. The first-order chi connectivity index (χ1) is 9.19. The molecular formula is C18H30O2. The van der Waals surface area contributed by atoms with Gasteiger partial charge in [-0.15, -0.1) is 0 Å². The lowest BCUT2D eigenvalue weighted by Crippen LogP contribution is -2.55.